The number of rotatable bonds is 2. The molecule has 0 aliphatic rings. The second kappa shape index (κ2) is 5.23. The molecule has 0 bridgehead atoms. The van der Waals surface area contributed by atoms with Crippen LogP contribution in [0.4, 0.5) is 18.9 Å². The second-order valence-corrected chi connectivity index (χ2v) is 2.73. The summed E-state index contributed by atoms with van der Waals surface area (Å²) in [6.45, 7) is 1.67. The lowest BCUT2D eigenvalue weighted by atomic mass is 10.1. The molecule has 0 spiro atoms. The fraction of sp³-hybridized carbons (Fsp3) is 0.333. The highest BCUT2D eigenvalue weighted by atomic mass is 35.5. The minimum Gasteiger partial charge on any atom is -0.288 e. The number of hydrogen-bond acceptors (Lipinski definition) is 2. The number of para-hydroxylation sites is 1. The molecular formula is C9H11ClF3NO. The van der Waals surface area contributed by atoms with Crippen LogP contribution in [-0.4, -0.2) is 11.8 Å². The minimum atomic E-state index is -4.44. The van der Waals surface area contributed by atoms with Crippen LogP contribution in [0.2, 0.25) is 0 Å². The summed E-state index contributed by atoms with van der Waals surface area (Å²) in [4.78, 5) is 0. The Morgan fingerprint density at radius 1 is 1.27 bits per heavy atom. The monoisotopic (exact) mass is 241 g/mol. The molecule has 0 unspecified atom stereocenters. The van der Waals surface area contributed by atoms with Gasteiger partial charge in [-0.2, -0.15) is 13.2 Å². The normalized spacial score (nSPS) is 10.7. The maximum Gasteiger partial charge on any atom is 0.418 e. The van der Waals surface area contributed by atoms with E-state index in [2.05, 4.69) is 0 Å². The molecule has 86 valence electrons. The first-order chi connectivity index (χ1) is 6.46. The number of benzene rings is 1. The Bertz CT molecular complexity index is 316. The van der Waals surface area contributed by atoms with Gasteiger partial charge in [0.1, 0.15) is 0 Å². The van der Waals surface area contributed by atoms with Gasteiger partial charge in [0.15, 0.2) is 0 Å². The van der Waals surface area contributed by atoms with Gasteiger partial charge in [-0.25, -0.2) is 0 Å². The van der Waals surface area contributed by atoms with Crippen molar-refractivity contribution in [1.82, 2.24) is 0 Å². The highest BCUT2D eigenvalue weighted by Gasteiger charge is 2.34. The van der Waals surface area contributed by atoms with Gasteiger partial charge < -0.3 is 0 Å². The molecule has 0 radical (unpaired) electrons. The number of nitrogens with zero attached hydrogens (tertiary/aromatic N) is 1. The molecule has 0 aliphatic carbocycles. The molecule has 0 aromatic heterocycles. The number of halogens is 4. The van der Waals surface area contributed by atoms with Crippen LogP contribution >= 0.6 is 12.4 Å². The van der Waals surface area contributed by atoms with Crippen LogP contribution in [0.15, 0.2) is 24.3 Å². The molecule has 1 rings (SSSR count). The standard InChI is InChI=1S/C9H10F3NO.ClH/c1-2-13(14)8-6-4-3-5-7(8)9(10,11)12;/h3-6,14H,2H2,1H3;1H. The van der Waals surface area contributed by atoms with Gasteiger partial charge in [0.05, 0.1) is 11.3 Å². The molecule has 0 saturated heterocycles. The lowest BCUT2D eigenvalue weighted by Crippen LogP contribution is -2.21. The molecule has 1 N–H and O–H groups in total. The van der Waals surface area contributed by atoms with Gasteiger partial charge in [0.25, 0.3) is 0 Å². The van der Waals surface area contributed by atoms with Gasteiger partial charge in [-0.3, -0.25) is 10.3 Å². The van der Waals surface area contributed by atoms with Crippen LogP contribution in [0.25, 0.3) is 0 Å². The molecule has 1 aromatic carbocycles. The van der Waals surface area contributed by atoms with E-state index in [0.29, 0.717) is 5.06 Å². The summed E-state index contributed by atoms with van der Waals surface area (Å²) in [5, 5.41) is 9.78. The van der Waals surface area contributed by atoms with E-state index in [1.54, 1.807) is 6.92 Å². The maximum absolute atomic E-state index is 12.4. The van der Waals surface area contributed by atoms with Gasteiger partial charge in [-0.15, -0.1) is 12.4 Å². The molecule has 0 saturated carbocycles. The van der Waals surface area contributed by atoms with Gasteiger partial charge in [0.2, 0.25) is 0 Å². The predicted molar refractivity (Wildman–Crippen MR) is 53.5 cm³/mol. The topological polar surface area (TPSA) is 23.5 Å². The van der Waals surface area contributed by atoms with Crippen molar-refractivity contribution in [2.75, 3.05) is 11.6 Å². The van der Waals surface area contributed by atoms with Crippen molar-refractivity contribution in [2.45, 2.75) is 13.1 Å². The van der Waals surface area contributed by atoms with Crippen LogP contribution < -0.4 is 5.06 Å². The highest BCUT2D eigenvalue weighted by molar-refractivity contribution is 5.85. The largest absolute Gasteiger partial charge is 0.418 e. The summed E-state index contributed by atoms with van der Waals surface area (Å²) >= 11 is 0. The molecule has 15 heavy (non-hydrogen) atoms. The lowest BCUT2D eigenvalue weighted by molar-refractivity contribution is -0.137. The maximum atomic E-state index is 12.4. The molecule has 0 heterocycles. The number of alkyl halides is 3. The summed E-state index contributed by atoms with van der Waals surface area (Å²) < 4.78 is 37.2. The van der Waals surface area contributed by atoms with Gasteiger partial charge in [0, 0.05) is 6.54 Å². The molecule has 1 aromatic rings. The molecule has 0 atom stereocenters. The van der Waals surface area contributed by atoms with Crippen molar-refractivity contribution >= 4 is 18.1 Å². The van der Waals surface area contributed by atoms with Crippen LogP contribution in [0.1, 0.15) is 12.5 Å². The van der Waals surface area contributed by atoms with Gasteiger partial charge in [-0.1, -0.05) is 12.1 Å². The average molecular weight is 242 g/mol. The van der Waals surface area contributed by atoms with Crippen LogP contribution in [-0.2, 0) is 6.18 Å². The first-order valence-electron chi connectivity index (χ1n) is 4.09. The van der Waals surface area contributed by atoms with E-state index in [4.69, 9.17) is 0 Å². The van der Waals surface area contributed by atoms with Crippen LogP contribution in [0, 0.1) is 0 Å². The van der Waals surface area contributed by atoms with E-state index in [9.17, 15) is 18.4 Å². The van der Waals surface area contributed by atoms with Crippen molar-refractivity contribution in [2.24, 2.45) is 0 Å². The highest BCUT2D eigenvalue weighted by Crippen LogP contribution is 2.35. The summed E-state index contributed by atoms with van der Waals surface area (Å²) in [7, 11) is 0. The average Bonchev–Trinajstić information content (AvgIpc) is 2.15. The number of hydroxylamine groups is 1. The third kappa shape index (κ3) is 3.28. The van der Waals surface area contributed by atoms with Crippen molar-refractivity contribution in [3.8, 4) is 0 Å². The summed E-state index contributed by atoms with van der Waals surface area (Å²) in [6, 6.07) is 4.90. The summed E-state index contributed by atoms with van der Waals surface area (Å²) in [6.07, 6.45) is -4.44. The van der Waals surface area contributed by atoms with E-state index in [1.807, 2.05) is 0 Å². The lowest BCUT2D eigenvalue weighted by Gasteiger charge is -2.19. The first-order valence-corrected chi connectivity index (χ1v) is 4.09. The summed E-state index contributed by atoms with van der Waals surface area (Å²) in [5.41, 5.74) is -1.05. The number of anilines is 1. The Morgan fingerprint density at radius 3 is 2.27 bits per heavy atom. The second-order valence-electron chi connectivity index (χ2n) is 2.73. The summed E-state index contributed by atoms with van der Waals surface area (Å²) in [5.74, 6) is 0. The van der Waals surface area contributed by atoms with Crippen LogP contribution in [0.5, 0.6) is 0 Å². The molecule has 0 aliphatic heterocycles. The Hall–Kier alpha value is -0.940. The first kappa shape index (κ1) is 14.1. The Balaban J connectivity index is 0.00000196. The zero-order valence-electron chi connectivity index (χ0n) is 7.95. The molecule has 0 amide bonds. The minimum absolute atomic E-state index is 0. The van der Waals surface area contributed by atoms with E-state index in [-0.39, 0.29) is 24.6 Å². The van der Waals surface area contributed by atoms with Crippen molar-refractivity contribution in [3.63, 3.8) is 0 Å². The van der Waals surface area contributed by atoms with Crippen LogP contribution in [0.3, 0.4) is 0 Å². The van der Waals surface area contributed by atoms with E-state index < -0.39 is 11.7 Å². The fourth-order valence-electron chi connectivity index (χ4n) is 1.11. The van der Waals surface area contributed by atoms with Gasteiger partial charge >= 0.3 is 6.18 Å². The molecule has 6 heteroatoms. The Labute approximate surface area is 91.7 Å². The zero-order chi connectivity index (χ0) is 10.8. The van der Waals surface area contributed by atoms with Gasteiger partial charge in [-0.05, 0) is 19.1 Å². The molecule has 0 fully saturated rings. The van der Waals surface area contributed by atoms with E-state index in [1.165, 1.54) is 18.2 Å². The van der Waals surface area contributed by atoms with E-state index >= 15 is 0 Å². The predicted octanol–water partition coefficient (Wildman–Crippen LogP) is 3.34. The Kier molecular flexibility index (Phi) is 4.90. The number of hydrogen-bond donors (Lipinski definition) is 1. The SMILES string of the molecule is CCN(O)c1ccccc1C(F)(F)F.Cl. The van der Waals surface area contributed by atoms with E-state index in [0.717, 1.165) is 6.07 Å². The smallest absolute Gasteiger partial charge is 0.288 e. The molecular weight excluding hydrogens is 231 g/mol. The van der Waals surface area contributed by atoms with Crippen molar-refractivity contribution in [1.29, 1.82) is 0 Å². The third-order valence-corrected chi connectivity index (χ3v) is 1.79. The fourth-order valence-corrected chi connectivity index (χ4v) is 1.11. The zero-order valence-corrected chi connectivity index (χ0v) is 8.77. The third-order valence-electron chi connectivity index (χ3n) is 1.79. The van der Waals surface area contributed by atoms with Crippen molar-refractivity contribution in [3.05, 3.63) is 29.8 Å². The van der Waals surface area contributed by atoms with Crippen molar-refractivity contribution < 1.29 is 18.4 Å². The molecule has 2 nitrogen and oxygen atoms in total. The quantitative estimate of drug-likeness (QED) is 0.803. The Morgan fingerprint density at radius 2 is 1.80 bits per heavy atom.